The molecule has 0 radical (unpaired) electrons. The van der Waals surface area contributed by atoms with Crippen molar-refractivity contribution in [3.8, 4) is 11.4 Å². The molecule has 0 aliphatic carbocycles. The number of hydrogen-bond acceptors (Lipinski definition) is 6. The monoisotopic (exact) mass is 441 g/mol. The van der Waals surface area contributed by atoms with Crippen molar-refractivity contribution in [3.05, 3.63) is 64.8 Å². The van der Waals surface area contributed by atoms with E-state index in [-0.39, 0.29) is 17.3 Å². The van der Waals surface area contributed by atoms with Gasteiger partial charge in [-0.25, -0.2) is 28.5 Å². The fraction of sp³-hybridized carbons (Fsp3) is 0.286. The van der Waals surface area contributed by atoms with Gasteiger partial charge in [-0.1, -0.05) is 0 Å². The van der Waals surface area contributed by atoms with Crippen LogP contribution in [0.5, 0.6) is 0 Å². The molecule has 9 nitrogen and oxygen atoms in total. The number of piperazine rings is 1. The molecule has 1 aliphatic heterocycles. The summed E-state index contributed by atoms with van der Waals surface area (Å²) in [6.45, 7) is 2.96. The standard InChI is InChI=1S/C21H21F2N7O2/c1-13-11-29(21(32)27-16-4-3-14(22)9-15(16)23)7-8-30(13)20-26-18(10-19(31)28(20)2)17-5-6-24-12-25-17/h3-6,9-10,12-13H,7-8,11H2,1-2H3,(H,27,32)/t13-/m1/s1. The van der Waals surface area contributed by atoms with Crippen LogP contribution in [0, 0.1) is 11.6 Å². The minimum atomic E-state index is -0.842. The molecule has 3 heterocycles. The van der Waals surface area contributed by atoms with Crippen molar-refractivity contribution >= 4 is 17.7 Å². The Bertz CT molecular complexity index is 1200. The molecule has 1 N–H and O–H groups in total. The Morgan fingerprint density at radius 3 is 2.66 bits per heavy atom. The molecular weight excluding hydrogens is 420 g/mol. The van der Waals surface area contributed by atoms with Crippen LogP contribution in [0.3, 0.4) is 0 Å². The highest BCUT2D eigenvalue weighted by atomic mass is 19.1. The number of rotatable bonds is 3. The van der Waals surface area contributed by atoms with Gasteiger partial charge >= 0.3 is 6.03 Å². The average Bonchev–Trinajstić information content (AvgIpc) is 2.78. The summed E-state index contributed by atoms with van der Waals surface area (Å²) in [5.74, 6) is -1.10. The number of benzene rings is 1. The molecule has 4 rings (SSSR count). The lowest BCUT2D eigenvalue weighted by molar-refractivity contribution is 0.199. The number of urea groups is 1. The Hall–Kier alpha value is -3.89. The molecule has 0 saturated carbocycles. The minimum absolute atomic E-state index is 0.0897. The van der Waals surface area contributed by atoms with Gasteiger partial charge in [-0.3, -0.25) is 9.36 Å². The maximum absolute atomic E-state index is 13.9. The number of halogens is 2. The summed E-state index contributed by atoms with van der Waals surface area (Å²) in [6, 6.07) is 5.40. The van der Waals surface area contributed by atoms with E-state index in [2.05, 4.69) is 20.3 Å². The number of nitrogens with one attached hydrogen (secondary N) is 1. The van der Waals surface area contributed by atoms with E-state index in [1.54, 1.807) is 19.3 Å². The van der Waals surface area contributed by atoms with E-state index in [0.717, 1.165) is 6.07 Å². The molecule has 0 bridgehead atoms. The maximum Gasteiger partial charge on any atom is 0.322 e. The molecule has 0 spiro atoms. The zero-order valence-electron chi connectivity index (χ0n) is 17.5. The zero-order valence-corrected chi connectivity index (χ0v) is 17.5. The van der Waals surface area contributed by atoms with Crippen molar-refractivity contribution in [2.75, 3.05) is 29.9 Å². The second-order valence-corrected chi connectivity index (χ2v) is 7.48. The fourth-order valence-corrected chi connectivity index (χ4v) is 3.58. The summed E-state index contributed by atoms with van der Waals surface area (Å²) in [4.78, 5) is 41.3. The summed E-state index contributed by atoms with van der Waals surface area (Å²) in [5, 5.41) is 2.48. The lowest BCUT2D eigenvalue weighted by Gasteiger charge is -2.40. The van der Waals surface area contributed by atoms with Crippen LogP contribution >= 0.6 is 0 Å². The van der Waals surface area contributed by atoms with Crippen molar-refractivity contribution in [1.82, 2.24) is 24.4 Å². The van der Waals surface area contributed by atoms with Crippen LogP contribution in [-0.4, -0.2) is 56.1 Å². The number of amides is 2. The van der Waals surface area contributed by atoms with E-state index in [1.807, 2.05) is 11.8 Å². The molecule has 166 valence electrons. The quantitative estimate of drug-likeness (QED) is 0.670. The molecule has 1 fully saturated rings. The van der Waals surface area contributed by atoms with Crippen molar-refractivity contribution in [3.63, 3.8) is 0 Å². The number of nitrogens with zero attached hydrogens (tertiary/aromatic N) is 6. The molecule has 32 heavy (non-hydrogen) atoms. The van der Waals surface area contributed by atoms with Gasteiger partial charge < -0.3 is 15.1 Å². The second-order valence-electron chi connectivity index (χ2n) is 7.48. The predicted octanol–water partition coefficient (Wildman–Crippen LogP) is 2.26. The van der Waals surface area contributed by atoms with E-state index < -0.39 is 17.7 Å². The van der Waals surface area contributed by atoms with Gasteiger partial charge in [0.2, 0.25) is 5.95 Å². The summed E-state index contributed by atoms with van der Waals surface area (Å²) in [5.41, 5.74) is 0.645. The normalized spacial score (nSPS) is 16.2. The minimum Gasteiger partial charge on any atom is -0.336 e. The lowest BCUT2D eigenvalue weighted by atomic mass is 10.2. The van der Waals surface area contributed by atoms with Gasteiger partial charge in [0.05, 0.1) is 17.1 Å². The highest BCUT2D eigenvalue weighted by molar-refractivity contribution is 5.89. The van der Waals surface area contributed by atoms with E-state index in [0.29, 0.717) is 43.0 Å². The zero-order chi connectivity index (χ0) is 22.8. The van der Waals surface area contributed by atoms with E-state index in [9.17, 15) is 18.4 Å². The number of carbonyl (C=O) groups is 1. The topological polar surface area (TPSA) is 96.2 Å². The number of carbonyl (C=O) groups excluding carboxylic acids is 1. The van der Waals surface area contributed by atoms with Crippen molar-refractivity contribution in [2.45, 2.75) is 13.0 Å². The first-order chi connectivity index (χ1) is 15.3. The fourth-order valence-electron chi connectivity index (χ4n) is 3.58. The average molecular weight is 441 g/mol. The molecule has 1 atom stereocenters. The van der Waals surface area contributed by atoms with Crippen molar-refractivity contribution < 1.29 is 13.6 Å². The highest BCUT2D eigenvalue weighted by Crippen LogP contribution is 2.22. The number of hydrogen-bond donors (Lipinski definition) is 1. The van der Waals surface area contributed by atoms with Crippen LogP contribution in [0.25, 0.3) is 11.4 Å². The van der Waals surface area contributed by atoms with Crippen molar-refractivity contribution in [1.29, 1.82) is 0 Å². The molecule has 1 aliphatic rings. The first-order valence-corrected chi connectivity index (χ1v) is 9.95. The Morgan fingerprint density at radius 1 is 1.16 bits per heavy atom. The van der Waals surface area contributed by atoms with E-state index >= 15 is 0 Å². The van der Waals surface area contributed by atoms with Crippen LogP contribution in [-0.2, 0) is 7.05 Å². The van der Waals surface area contributed by atoms with Crippen LogP contribution in [0.15, 0.2) is 47.7 Å². The first kappa shape index (κ1) is 21.3. The van der Waals surface area contributed by atoms with Crippen LogP contribution in [0.1, 0.15) is 6.92 Å². The highest BCUT2D eigenvalue weighted by Gasteiger charge is 2.29. The van der Waals surface area contributed by atoms with Gasteiger partial charge in [0.25, 0.3) is 5.56 Å². The summed E-state index contributed by atoms with van der Waals surface area (Å²) < 4.78 is 28.4. The Kier molecular flexibility index (Phi) is 5.80. The van der Waals surface area contributed by atoms with Gasteiger partial charge in [0.15, 0.2) is 0 Å². The summed E-state index contributed by atoms with van der Waals surface area (Å²) in [6.07, 6.45) is 2.96. The van der Waals surface area contributed by atoms with Gasteiger partial charge in [-0.2, -0.15) is 0 Å². The summed E-state index contributed by atoms with van der Waals surface area (Å²) in [7, 11) is 1.64. The Balaban J connectivity index is 1.52. The Morgan fingerprint density at radius 2 is 1.97 bits per heavy atom. The summed E-state index contributed by atoms with van der Waals surface area (Å²) >= 11 is 0. The van der Waals surface area contributed by atoms with Gasteiger partial charge in [0.1, 0.15) is 18.0 Å². The maximum atomic E-state index is 13.9. The third-order valence-electron chi connectivity index (χ3n) is 5.30. The smallest absolute Gasteiger partial charge is 0.322 e. The second kappa shape index (κ2) is 8.69. The van der Waals surface area contributed by atoms with Gasteiger partial charge in [-0.15, -0.1) is 0 Å². The van der Waals surface area contributed by atoms with Crippen LogP contribution < -0.4 is 15.8 Å². The lowest BCUT2D eigenvalue weighted by Crippen LogP contribution is -2.56. The first-order valence-electron chi connectivity index (χ1n) is 9.95. The molecule has 0 unspecified atom stereocenters. The SMILES string of the molecule is C[C@@H]1CN(C(=O)Nc2ccc(F)cc2F)CCN1c1nc(-c2ccncn2)cc(=O)n1C. The molecule has 2 amide bonds. The van der Waals surface area contributed by atoms with E-state index in [1.165, 1.54) is 27.9 Å². The molecule has 11 heteroatoms. The molecule has 3 aromatic rings. The molecule has 1 aromatic carbocycles. The molecule has 2 aromatic heterocycles. The number of aromatic nitrogens is 4. The van der Waals surface area contributed by atoms with E-state index in [4.69, 9.17) is 0 Å². The molecule has 1 saturated heterocycles. The predicted molar refractivity (Wildman–Crippen MR) is 114 cm³/mol. The number of anilines is 2. The van der Waals surface area contributed by atoms with Crippen LogP contribution in [0.2, 0.25) is 0 Å². The Labute approximate surface area is 182 Å². The van der Waals surface area contributed by atoms with Gasteiger partial charge in [0, 0.05) is 51.1 Å². The van der Waals surface area contributed by atoms with Crippen LogP contribution in [0.4, 0.5) is 25.2 Å². The van der Waals surface area contributed by atoms with Gasteiger partial charge in [-0.05, 0) is 25.1 Å². The largest absolute Gasteiger partial charge is 0.336 e. The van der Waals surface area contributed by atoms with Crippen molar-refractivity contribution in [2.24, 2.45) is 7.05 Å². The third-order valence-corrected chi connectivity index (χ3v) is 5.30. The third kappa shape index (κ3) is 4.27. The molecular formula is C21H21F2N7O2.